The van der Waals surface area contributed by atoms with Crippen LogP contribution in [0.5, 0.6) is 0 Å². The first-order chi connectivity index (χ1) is 8.37. The predicted octanol–water partition coefficient (Wildman–Crippen LogP) is 1.64. The van der Waals surface area contributed by atoms with Crippen LogP contribution in [0.3, 0.4) is 0 Å². The third-order valence-electron chi connectivity index (χ3n) is 3.07. The summed E-state index contributed by atoms with van der Waals surface area (Å²) in [7, 11) is 1.67. The van der Waals surface area contributed by atoms with Gasteiger partial charge in [0.15, 0.2) is 0 Å². The molecular weight excluding hydrogens is 234 g/mol. The molecule has 1 aliphatic rings. The lowest BCUT2D eigenvalue weighted by Gasteiger charge is -2.27. The number of hydrogen-bond donors (Lipinski definition) is 1. The molecule has 0 saturated carbocycles. The first-order valence-electron chi connectivity index (χ1n) is 6.46. The number of ether oxygens (including phenoxy) is 2. The van der Waals surface area contributed by atoms with E-state index in [2.05, 4.69) is 0 Å². The molecule has 1 rings (SSSR count). The molecule has 1 heterocycles. The minimum Gasteiger partial charge on any atom is -0.444 e. The third-order valence-corrected chi connectivity index (χ3v) is 3.07. The maximum absolute atomic E-state index is 12.0. The zero-order valence-corrected chi connectivity index (χ0v) is 11.8. The number of carbonyl (C=O) groups excluding carboxylic acids is 1. The van der Waals surface area contributed by atoms with Gasteiger partial charge in [0.1, 0.15) is 5.60 Å². The second-order valence-electron chi connectivity index (χ2n) is 5.85. The molecule has 2 atom stereocenters. The molecule has 5 heteroatoms. The average Bonchev–Trinajstić information content (AvgIpc) is 2.67. The van der Waals surface area contributed by atoms with Crippen molar-refractivity contribution >= 4 is 6.09 Å². The van der Waals surface area contributed by atoms with E-state index >= 15 is 0 Å². The van der Waals surface area contributed by atoms with Crippen molar-refractivity contribution in [2.75, 3.05) is 26.9 Å². The number of rotatable bonds is 4. The molecule has 1 unspecified atom stereocenters. The van der Waals surface area contributed by atoms with Crippen LogP contribution in [0.2, 0.25) is 0 Å². The van der Waals surface area contributed by atoms with Crippen molar-refractivity contribution in [3.05, 3.63) is 0 Å². The highest BCUT2D eigenvalue weighted by atomic mass is 16.6. The van der Waals surface area contributed by atoms with E-state index in [1.54, 1.807) is 12.0 Å². The zero-order valence-electron chi connectivity index (χ0n) is 11.8. The molecule has 0 aromatic heterocycles. The number of likely N-dealkylation sites (tertiary alicyclic amines) is 1. The topological polar surface area (TPSA) is 59.0 Å². The van der Waals surface area contributed by atoms with E-state index in [1.165, 1.54) is 0 Å². The number of aliphatic hydroxyl groups is 1. The summed E-state index contributed by atoms with van der Waals surface area (Å²) in [6.45, 7) is 6.85. The molecule has 0 aliphatic carbocycles. The van der Waals surface area contributed by atoms with E-state index in [-0.39, 0.29) is 18.7 Å². The van der Waals surface area contributed by atoms with Gasteiger partial charge in [0.25, 0.3) is 0 Å². The second-order valence-corrected chi connectivity index (χ2v) is 5.85. The maximum Gasteiger partial charge on any atom is 0.410 e. The zero-order chi connectivity index (χ0) is 13.8. The van der Waals surface area contributed by atoms with E-state index in [0.29, 0.717) is 19.1 Å². The summed E-state index contributed by atoms with van der Waals surface area (Å²) in [5.41, 5.74) is -0.498. The SMILES string of the molecule is COCCC1C[C@@H](CO)N(C(=O)OC(C)(C)C)C1. The molecule has 0 spiro atoms. The van der Waals surface area contributed by atoms with Gasteiger partial charge in [-0.05, 0) is 39.5 Å². The molecule has 1 fully saturated rings. The van der Waals surface area contributed by atoms with Crippen molar-refractivity contribution in [1.82, 2.24) is 4.90 Å². The van der Waals surface area contributed by atoms with Crippen molar-refractivity contribution in [2.45, 2.75) is 45.3 Å². The first-order valence-corrected chi connectivity index (χ1v) is 6.46. The predicted molar refractivity (Wildman–Crippen MR) is 68.4 cm³/mol. The molecule has 1 aliphatic heterocycles. The quantitative estimate of drug-likeness (QED) is 0.834. The van der Waals surface area contributed by atoms with Crippen LogP contribution in [0.4, 0.5) is 4.79 Å². The van der Waals surface area contributed by atoms with Gasteiger partial charge in [-0.1, -0.05) is 0 Å². The fraction of sp³-hybridized carbons (Fsp3) is 0.923. The molecule has 0 bridgehead atoms. The van der Waals surface area contributed by atoms with Gasteiger partial charge in [-0.3, -0.25) is 0 Å². The highest BCUT2D eigenvalue weighted by Gasteiger charge is 2.36. The van der Waals surface area contributed by atoms with Crippen LogP contribution in [0.1, 0.15) is 33.6 Å². The normalized spacial score (nSPS) is 24.4. The van der Waals surface area contributed by atoms with Gasteiger partial charge in [0, 0.05) is 20.3 Å². The minimum absolute atomic E-state index is 0.0112. The summed E-state index contributed by atoms with van der Waals surface area (Å²) in [4.78, 5) is 13.7. The van der Waals surface area contributed by atoms with E-state index in [4.69, 9.17) is 9.47 Å². The molecule has 18 heavy (non-hydrogen) atoms. The monoisotopic (exact) mass is 259 g/mol. The van der Waals surface area contributed by atoms with Crippen molar-refractivity contribution in [3.8, 4) is 0 Å². The number of amides is 1. The Hall–Kier alpha value is -0.810. The van der Waals surface area contributed by atoms with Gasteiger partial charge < -0.3 is 19.5 Å². The number of hydrogen-bond acceptors (Lipinski definition) is 4. The summed E-state index contributed by atoms with van der Waals surface area (Å²) in [6.07, 6.45) is 1.40. The number of nitrogens with zero attached hydrogens (tertiary/aromatic N) is 1. The Bertz CT molecular complexity index is 275. The van der Waals surface area contributed by atoms with Crippen LogP contribution in [0, 0.1) is 5.92 Å². The van der Waals surface area contributed by atoms with Crippen LogP contribution in [-0.4, -0.2) is 54.6 Å². The highest BCUT2D eigenvalue weighted by Crippen LogP contribution is 2.27. The van der Waals surface area contributed by atoms with Crippen LogP contribution in [0.25, 0.3) is 0 Å². The summed E-state index contributed by atoms with van der Waals surface area (Å²) in [5.74, 6) is 0.384. The van der Waals surface area contributed by atoms with Crippen LogP contribution >= 0.6 is 0 Å². The second kappa shape index (κ2) is 6.38. The van der Waals surface area contributed by atoms with Gasteiger partial charge in [-0.25, -0.2) is 4.79 Å². The Kier molecular flexibility index (Phi) is 5.41. The lowest BCUT2D eigenvalue weighted by molar-refractivity contribution is 0.0171. The smallest absolute Gasteiger partial charge is 0.410 e. The summed E-state index contributed by atoms with van der Waals surface area (Å²) >= 11 is 0. The van der Waals surface area contributed by atoms with E-state index < -0.39 is 5.60 Å². The highest BCUT2D eigenvalue weighted by molar-refractivity contribution is 5.69. The molecule has 1 amide bonds. The minimum atomic E-state index is -0.498. The largest absolute Gasteiger partial charge is 0.444 e. The lowest BCUT2D eigenvalue weighted by atomic mass is 10.0. The van der Waals surface area contributed by atoms with Crippen LogP contribution in [-0.2, 0) is 9.47 Å². The van der Waals surface area contributed by atoms with E-state index in [1.807, 2.05) is 20.8 Å². The molecule has 1 saturated heterocycles. The molecule has 0 aromatic rings. The van der Waals surface area contributed by atoms with E-state index in [9.17, 15) is 9.90 Å². The Labute approximate surface area is 109 Å². The molecule has 1 N–H and O–H groups in total. The van der Waals surface area contributed by atoms with Gasteiger partial charge >= 0.3 is 6.09 Å². The third kappa shape index (κ3) is 4.46. The van der Waals surface area contributed by atoms with Gasteiger partial charge in [0.2, 0.25) is 0 Å². The standard InChI is InChI=1S/C13H25NO4/c1-13(2,3)18-12(16)14-8-10(5-6-17-4)7-11(14)9-15/h10-11,15H,5-9H2,1-4H3/t10?,11-/m0/s1. The number of methoxy groups -OCH3 is 1. The fourth-order valence-electron chi connectivity index (χ4n) is 2.22. The molecule has 5 nitrogen and oxygen atoms in total. The van der Waals surface area contributed by atoms with Gasteiger partial charge in [0.05, 0.1) is 12.6 Å². The van der Waals surface area contributed by atoms with Crippen LogP contribution in [0.15, 0.2) is 0 Å². The van der Waals surface area contributed by atoms with Crippen molar-refractivity contribution < 1.29 is 19.4 Å². The Morgan fingerprint density at radius 1 is 1.44 bits per heavy atom. The van der Waals surface area contributed by atoms with Crippen molar-refractivity contribution in [3.63, 3.8) is 0 Å². The Morgan fingerprint density at radius 2 is 2.11 bits per heavy atom. The fourth-order valence-corrected chi connectivity index (χ4v) is 2.22. The molecule has 0 aromatic carbocycles. The molecular formula is C13H25NO4. The van der Waals surface area contributed by atoms with Crippen molar-refractivity contribution in [1.29, 1.82) is 0 Å². The van der Waals surface area contributed by atoms with E-state index in [0.717, 1.165) is 12.8 Å². The lowest BCUT2D eigenvalue weighted by Crippen LogP contribution is -2.41. The molecule has 106 valence electrons. The summed E-state index contributed by atoms with van der Waals surface area (Å²) in [5, 5.41) is 9.35. The summed E-state index contributed by atoms with van der Waals surface area (Å²) in [6, 6.07) is -0.123. The number of carbonyl (C=O) groups is 1. The van der Waals surface area contributed by atoms with Crippen LogP contribution < -0.4 is 0 Å². The Morgan fingerprint density at radius 3 is 2.61 bits per heavy atom. The molecule has 0 radical (unpaired) electrons. The van der Waals surface area contributed by atoms with Gasteiger partial charge in [-0.15, -0.1) is 0 Å². The average molecular weight is 259 g/mol. The van der Waals surface area contributed by atoms with Crippen molar-refractivity contribution in [2.24, 2.45) is 5.92 Å². The first kappa shape index (κ1) is 15.2. The summed E-state index contributed by atoms with van der Waals surface area (Å²) < 4.78 is 10.4. The number of aliphatic hydroxyl groups excluding tert-OH is 1. The van der Waals surface area contributed by atoms with Gasteiger partial charge in [-0.2, -0.15) is 0 Å². The Balaban J connectivity index is 2.55. The maximum atomic E-state index is 12.0.